The van der Waals surface area contributed by atoms with Crippen LogP contribution in [0.2, 0.25) is 0 Å². The molecule has 4 rings (SSSR count). The van der Waals surface area contributed by atoms with E-state index in [-0.39, 0.29) is 24.7 Å². The molecule has 1 fully saturated rings. The topological polar surface area (TPSA) is 71.1 Å². The number of carbonyl (C=O) groups excluding carboxylic acids is 2. The molecule has 7 nitrogen and oxygen atoms in total. The van der Waals surface area contributed by atoms with Crippen molar-refractivity contribution in [2.24, 2.45) is 0 Å². The molecule has 7 heteroatoms. The maximum atomic E-state index is 13.0. The molecule has 2 amide bonds. The maximum Gasteiger partial charge on any atom is 0.227 e. The summed E-state index contributed by atoms with van der Waals surface area (Å²) in [5, 5.41) is 2.90. The lowest BCUT2D eigenvalue weighted by Gasteiger charge is -2.40. The summed E-state index contributed by atoms with van der Waals surface area (Å²) < 4.78 is 10.9. The molecule has 2 aromatic rings. The molecule has 0 saturated carbocycles. The van der Waals surface area contributed by atoms with Crippen LogP contribution in [0.4, 0.5) is 11.4 Å². The first-order valence-electron chi connectivity index (χ1n) is 11.3. The first kappa shape index (κ1) is 22.0. The smallest absolute Gasteiger partial charge is 0.227 e. The molecule has 0 aliphatic carbocycles. The number of hydrogen-bond acceptors (Lipinski definition) is 5. The third-order valence-electron chi connectivity index (χ3n) is 6.14. The van der Waals surface area contributed by atoms with Crippen molar-refractivity contribution < 1.29 is 19.1 Å². The van der Waals surface area contributed by atoms with Crippen molar-refractivity contribution in [1.29, 1.82) is 0 Å². The molecule has 0 unspecified atom stereocenters. The van der Waals surface area contributed by atoms with Crippen LogP contribution < -0.4 is 24.6 Å². The zero-order valence-corrected chi connectivity index (χ0v) is 18.8. The second-order valence-corrected chi connectivity index (χ2v) is 8.18. The number of anilines is 2. The van der Waals surface area contributed by atoms with E-state index in [1.54, 1.807) is 7.11 Å². The third kappa shape index (κ3) is 4.66. The summed E-state index contributed by atoms with van der Waals surface area (Å²) >= 11 is 0. The average molecular weight is 438 g/mol. The van der Waals surface area contributed by atoms with E-state index < -0.39 is 0 Å². The highest BCUT2D eigenvalue weighted by Crippen LogP contribution is 2.39. The Kier molecular flexibility index (Phi) is 6.83. The number of rotatable bonds is 8. The molecule has 2 aliphatic heterocycles. The van der Waals surface area contributed by atoms with Gasteiger partial charge >= 0.3 is 0 Å². The quantitative estimate of drug-likeness (QED) is 0.684. The summed E-state index contributed by atoms with van der Waals surface area (Å²) in [7, 11) is 1.59. The zero-order chi connectivity index (χ0) is 22.5. The van der Waals surface area contributed by atoms with Gasteiger partial charge in [0.05, 0.1) is 25.1 Å². The van der Waals surface area contributed by atoms with Gasteiger partial charge in [-0.25, -0.2) is 0 Å². The molecule has 1 atom stereocenters. The van der Waals surface area contributed by atoms with Gasteiger partial charge in [-0.1, -0.05) is 18.2 Å². The second kappa shape index (κ2) is 9.94. The average Bonchev–Trinajstić information content (AvgIpc) is 3.30. The van der Waals surface area contributed by atoms with Crippen molar-refractivity contribution in [3.05, 3.63) is 48.0 Å². The summed E-state index contributed by atoms with van der Waals surface area (Å²) in [4.78, 5) is 29.7. The molecular weight excluding hydrogens is 406 g/mol. The number of para-hydroxylation sites is 2. The van der Waals surface area contributed by atoms with E-state index in [0.29, 0.717) is 37.2 Å². The van der Waals surface area contributed by atoms with E-state index in [1.165, 1.54) is 0 Å². The Balaban J connectivity index is 1.32. The minimum Gasteiger partial charge on any atom is -0.493 e. The van der Waals surface area contributed by atoms with Crippen LogP contribution in [0.15, 0.2) is 42.5 Å². The number of amides is 2. The first-order valence-corrected chi connectivity index (χ1v) is 11.3. The zero-order valence-electron chi connectivity index (χ0n) is 18.8. The Bertz CT molecular complexity index is 977. The van der Waals surface area contributed by atoms with Gasteiger partial charge in [0.25, 0.3) is 0 Å². The SMILES string of the molecule is CCOc1ccc(CNC(=O)CCC(=O)N2C[C@@H]3CCCN3c3ccccc32)cc1OC. The lowest BCUT2D eigenvalue weighted by atomic mass is 10.1. The fourth-order valence-corrected chi connectivity index (χ4v) is 4.56. The van der Waals surface area contributed by atoms with Gasteiger partial charge in [0, 0.05) is 38.5 Å². The Morgan fingerprint density at radius 2 is 1.91 bits per heavy atom. The number of nitrogens with one attached hydrogen (secondary N) is 1. The highest BCUT2D eigenvalue weighted by Gasteiger charge is 2.35. The molecular formula is C25H31N3O4. The highest BCUT2D eigenvalue weighted by atomic mass is 16.5. The van der Waals surface area contributed by atoms with Gasteiger partial charge in [-0.2, -0.15) is 0 Å². The Labute approximate surface area is 189 Å². The van der Waals surface area contributed by atoms with Crippen LogP contribution in [0.1, 0.15) is 38.2 Å². The minimum absolute atomic E-state index is 0.00175. The summed E-state index contributed by atoms with van der Waals surface area (Å²) in [6.07, 6.45) is 2.61. The summed E-state index contributed by atoms with van der Waals surface area (Å²) in [5.74, 6) is 1.18. The van der Waals surface area contributed by atoms with Crippen molar-refractivity contribution in [3.8, 4) is 11.5 Å². The molecule has 0 radical (unpaired) electrons. The van der Waals surface area contributed by atoms with Crippen LogP contribution in [0, 0.1) is 0 Å². The molecule has 1 N–H and O–H groups in total. The largest absolute Gasteiger partial charge is 0.493 e. The molecule has 2 heterocycles. The van der Waals surface area contributed by atoms with Gasteiger partial charge in [-0.05, 0) is 49.6 Å². The molecule has 32 heavy (non-hydrogen) atoms. The van der Waals surface area contributed by atoms with Crippen LogP contribution in [-0.4, -0.2) is 44.7 Å². The predicted octanol–water partition coefficient (Wildman–Crippen LogP) is 3.51. The van der Waals surface area contributed by atoms with Gasteiger partial charge in [-0.3, -0.25) is 9.59 Å². The molecule has 2 aromatic carbocycles. The van der Waals surface area contributed by atoms with Crippen LogP contribution in [0.5, 0.6) is 11.5 Å². The number of carbonyl (C=O) groups is 2. The van der Waals surface area contributed by atoms with Gasteiger partial charge in [0.1, 0.15) is 0 Å². The van der Waals surface area contributed by atoms with E-state index >= 15 is 0 Å². The van der Waals surface area contributed by atoms with Gasteiger partial charge in [0.15, 0.2) is 11.5 Å². The molecule has 1 saturated heterocycles. The third-order valence-corrected chi connectivity index (χ3v) is 6.14. The van der Waals surface area contributed by atoms with Crippen LogP contribution in [0.25, 0.3) is 0 Å². The fraction of sp³-hybridized carbons (Fsp3) is 0.440. The van der Waals surface area contributed by atoms with Crippen molar-refractivity contribution in [3.63, 3.8) is 0 Å². The van der Waals surface area contributed by atoms with Gasteiger partial charge < -0.3 is 24.6 Å². The van der Waals surface area contributed by atoms with E-state index in [4.69, 9.17) is 9.47 Å². The van der Waals surface area contributed by atoms with Crippen molar-refractivity contribution in [2.75, 3.05) is 36.6 Å². The molecule has 2 aliphatic rings. The number of fused-ring (bicyclic) bond motifs is 3. The standard InChI is InChI=1S/C25H31N3O4/c1-3-32-22-11-10-18(15-23(22)31-2)16-26-24(29)12-13-25(30)28-17-19-7-6-14-27(19)20-8-4-5-9-21(20)28/h4-5,8-11,15,19H,3,6-7,12-14,16-17H2,1-2H3,(H,26,29)/t19-/m0/s1. The predicted molar refractivity (Wildman–Crippen MR) is 124 cm³/mol. The normalized spacial score (nSPS) is 16.9. The molecule has 0 spiro atoms. The van der Waals surface area contributed by atoms with E-state index in [0.717, 1.165) is 36.3 Å². The van der Waals surface area contributed by atoms with E-state index in [9.17, 15) is 9.59 Å². The van der Waals surface area contributed by atoms with Crippen molar-refractivity contribution in [2.45, 2.75) is 45.2 Å². The van der Waals surface area contributed by atoms with Crippen molar-refractivity contribution >= 4 is 23.2 Å². The molecule has 0 bridgehead atoms. The lowest BCUT2D eigenvalue weighted by Crippen LogP contribution is -2.48. The maximum absolute atomic E-state index is 13.0. The number of ether oxygens (including phenoxy) is 2. The van der Waals surface area contributed by atoms with E-state index in [1.807, 2.05) is 48.2 Å². The van der Waals surface area contributed by atoms with Crippen LogP contribution >= 0.6 is 0 Å². The lowest BCUT2D eigenvalue weighted by molar-refractivity contribution is -0.125. The Hall–Kier alpha value is -3.22. The Morgan fingerprint density at radius 3 is 2.69 bits per heavy atom. The minimum atomic E-state index is -0.140. The fourth-order valence-electron chi connectivity index (χ4n) is 4.56. The van der Waals surface area contributed by atoms with Gasteiger partial charge in [0.2, 0.25) is 11.8 Å². The number of benzene rings is 2. The first-order chi connectivity index (χ1) is 15.6. The number of nitrogens with zero attached hydrogens (tertiary/aromatic N) is 2. The van der Waals surface area contributed by atoms with Crippen molar-refractivity contribution in [1.82, 2.24) is 5.32 Å². The van der Waals surface area contributed by atoms with Gasteiger partial charge in [-0.15, -0.1) is 0 Å². The molecule has 0 aromatic heterocycles. The highest BCUT2D eigenvalue weighted by molar-refractivity contribution is 5.99. The van der Waals surface area contributed by atoms with Crippen LogP contribution in [-0.2, 0) is 16.1 Å². The Morgan fingerprint density at radius 1 is 1.09 bits per heavy atom. The van der Waals surface area contributed by atoms with E-state index in [2.05, 4.69) is 16.3 Å². The monoisotopic (exact) mass is 437 g/mol. The summed E-state index contributed by atoms with van der Waals surface area (Å²) in [6, 6.07) is 14.0. The second-order valence-electron chi connectivity index (χ2n) is 8.18. The molecule has 170 valence electrons. The number of methoxy groups -OCH3 is 1. The summed E-state index contributed by atoms with van der Waals surface area (Å²) in [6.45, 7) is 4.59. The van der Waals surface area contributed by atoms with Crippen LogP contribution in [0.3, 0.4) is 0 Å². The number of hydrogen-bond donors (Lipinski definition) is 1. The summed E-state index contributed by atoms with van der Waals surface area (Å²) in [5.41, 5.74) is 3.00.